The number of aryl methyl sites for hydroxylation is 1. The van der Waals surface area contributed by atoms with E-state index >= 15 is 0 Å². The van der Waals surface area contributed by atoms with Gasteiger partial charge in [0.15, 0.2) is 11.5 Å². The van der Waals surface area contributed by atoms with Gasteiger partial charge in [-0.05, 0) is 30.5 Å². The van der Waals surface area contributed by atoms with Gasteiger partial charge in [-0.1, -0.05) is 0 Å². The molecule has 0 spiro atoms. The highest BCUT2D eigenvalue weighted by atomic mass is 35.5. The topological polar surface area (TPSA) is 128 Å². The Hall–Kier alpha value is -2.23. The largest absolute Gasteiger partial charge is 0.388 e. The van der Waals surface area contributed by atoms with Crippen molar-refractivity contribution in [3.63, 3.8) is 0 Å². The minimum Gasteiger partial charge on any atom is -0.388 e. The summed E-state index contributed by atoms with van der Waals surface area (Å²) in [6, 6.07) is -0.768. The summed E-state index contributed by atoms with van der Waals surface area (Å²) in [6.45, 7) is 1.92. The van der Waals surface area contributed by atoms with E-state index in [-0.39, 0.29) is 17.1 Å². The van der Waals surface area contributed by atoms with Gasteiger partial charge in [-0.25, -0.2) is 4.98 Å². The Morgan fingerprint density at radius 1 is 1.25 bits per heavy atom. The maximum Gasteiger partial charge on any atom is 0.226 e. The van der Waals surface area contributed by atoms with Crippen LogP contribution < -0.4 is 5.73 Å². The zero-order chi connectivity index (χ0) is 17.0. The number of aliphatic hydroxyl groups excluding tert-OH is 2. The molecule has 4 rings (SSSR count). The van der Waals surface area contributed by atoms with Gasteiger partial charge in [0.25, 0.3) is 0 Å². The van der Waals surface area contributed by atoms with Crippen LogP contribution in [0, 0.1) is 6.92 Å². The summed E-state index contributed by atoms with van der Waals surface area (Å²) in [6.07, 6.45) is 3.60. The Labute approximate surface area is 141 Å². The number of nitrogen functional groups attached to an aromatic ring is 1. The molecule has 3 aromatic rings. The van der Waals surface area contributed by atoms with E-state index in [1.807, 2.05) is 13.1 Å². The molecule has 0 aliphatic heterocycles. The second-order valence-corrected chi connectivity index (χ2v) is 6.39. The van der Waals surface area contributed by atoms with Gasteiger partial charge < -0.3 is 20.5 Å². The number of imidazole rings is 1. The van der Waals surface area contributed by atoms with Gasteiger partial charge in [-0.3, -0.25) is 4.68 Å². The van der Waals surface area contributed by atoms with Gasteiger partial charge in [0, 0.05) is 6.20 Å². The van der Waals surface area contributed by atoms with Crippen molar-refractivity contribution in [1.82, 2.24) is 29.3 Å². The molecule has 0 bridgehead atoms. The molecule has 3 heterocycles. The summed E-state index contributed by atoms with van der Waals surface area (Å²) in [5.74, 6) is 0.177. The molecular weight excluding hydrogens is 334 g/mol. The highest BCUT2D eigenvalue weighted by molar-refractivity contribution is 6.28. The maximum atomic E-state index is 10.5. The fraction of sp³-hybridized carbons (Fsp3) is 0.429. The highest BCUT2D eigenvalue weighted by Gasteiger charge is 2.44. The third-order valence-corrected chi connectivity index (χ3v) is 4.64. The summed E-state index contributed by atoms with van der Waals surface area (Å²) < 4.78 is 3.36. The van der Waals surface area contributed by atoms with E-state index in [1.165, 1.54) is 6.33 Å². The molecule has 1 aliphatic rings. The number of anilines is 1. The molecule has 0 radical (unpaired) electrons. The van der Waals surface area contributed by atoms with E-state index in [1.54, 1.807) is 15.4 Å². The minimum atomic E-state index is -0.994. The number of fused-ring (bicyclic) bond motifs is 1. The van der Waals surface area contributed by atoms with E-state index in [2.05, 4.69) is 20.1 Å². The molecule has 1 saturated carbocycles. The summed E-state index contributed by atoms with van der Waals surface area (Å²) >= 11 is 5.88. The SMILES string of the molecule is Cc1cnn([C@H]2C[C@@H](n3cnc4c(N)nc(Cl)nc43)[C@H](O)[C@@H]2O)c1. The van der Waals surface area contributed by atoms with Crippen molar-refractivity contribution >= 4 is 28.6 Å². The monoisotopic (exact) mass is 349 g/mol. The van der Waals surface area contributed by atoms with Crippen LogP contribution in [0.25, 0.3) is 11.2 Å². The molecule has 0 saturated heterocycles. The third kappa shape index (κ3) is 2.24. The Kier molecular flexibility index (Phi) is 3.44. The molecule has 10 heteroatoms. The first kappa shape index (κ1) is 15.3. The summed E-state index contributed by atoms with van der Waals surface area (Å²) in [4.78, 5) is 12.2. The van der Waals surface area contributed by atoms with Crippen molar-refractivity contribution in [3.05, 3.63) is 29.6 Å². The fourth-order valence-electron chi connectivity index (χ4n) is 3.29. The predicted molar refractivity (Wildman–Crippen MR) is 86.4 cm³/mol. The number of aromatic nitrogens is 6. The van der Waals surface area contributed by atoms with Gasteiger partial charge in [0.1, 0.15) is 17.7 Å². The molecule has 9 nitrogen and oxygen atoms in total. The average Bonchev–Trinajstić information content (AvgIpc) is 3.20. The number of nitrogens with two attached hydrogens (primary N) is 1. The van der Waals surface area contributed by atoms with Crippen molar-refractivity contribution in [1.29, 1.82) is 0 Å². The van der Waals surface area contributed by atoms with Crippen LogP contribution in [-0.4, -0.2) is 51.7 Å². The number of hydrogen-bond donors (Lipinski definition) is 3. The highest BCUT2D eigenvalue weighted by Crippen LogP contribution is 2.39. The van der Waals surface area contributed by atoms with Crippen LogP contribution in [0.3, 0.4) is 0 Å². The molecule has 0 amide bonds. The van der Waals surface area contributed by atoms with E-state index in [0.717, 1.165) is 5.56 Å². The van der Waals surface area contributed by atoms with E-state index < -0.39 is 18.2 Å². The van der Waals surface area contributed by atoms with Gasteiger partial charge >= 0.3 is 0 Å². The Morgan fingerprint density at radius 3 is 2.71 bits per heavy atom. The van der Waals surface area contributed by atoms with Crippen LogP contribution >= 0.6 is 11.6 Å². The molecule has 0 aromatic carbocycles. The second-order valence-electron chi connectivity index (χ2n) is 6.05. The Bertz CT molecular complexity index is 908. The normalized spacial score (nSPS) is 27.2. The van der Waals surface area contributed by atoms with Gasteiger partial charge in [0.05, 0.1) is 24.6 Å². The van der Waals surface area contributed by atoms with Crippen LogP contribution in [0.4, 0.5) is 5.82 Å². The van der Waals surface area contributed by atoms with E-state index in [0.29, 0.717) is 17.6 Å². The lowest BCUT2D eigenvalue weighted by molar-refractivity contribution is 0.00722. The summed E-state index contributed by atoms with van der Waals surface area (Å²) in [7, 11) is 0. The first-order valence-corrected chi connectivity index (χ1v) is 7.86. The fourth-order valence-corrected chi connectivity index (χ4v) is 3.46. The van der Waals surface area contributed by atoms with Crippen molar-refractivity contribution < 1.29 is 10.2 Å². The number of nitrogens with zero attached hydrogens (tertiary/aromatic N) is 6. The van der Waals surface area contributed by atoms with Crippen LogP contribution in [-0.2, 0) is 0 Å². The van der Waals surface area contributed by atoms with Crippen molar-refractivity contribution in [3.8, 4) is 0 Å². The second kappa shape index (κ2) is 5.40. The van der Waals surface area contributed by atoms with Crippen molar-refractivity contribution in [2.45, 2.75) is 37.6 Å². The Morgan fingerprint density at radius 2 is 2.00 bits per heavy atom. The van der Waals surface area contributed by atoms with Crippen molar-refractivity contribution in [2.24, 2.45) is 0 Å². The summed E-state index contributed by atoms with van der Waals surface area (Å²) in [5, 5.41) is 25.2. The molecule has 1 fully saturated rings. The standard InChI is InChI=1S/C14H16ClN7O2/c1-6-3-18-22(4-6)8-2-7(10(23)11(8)24)21-5-17-9-12(16)19-14(15)20-13(9)21/h3-5,7-8,10-11,23-24H,2H2,1H3,(H2,16,19,20)/t7-,8+,10+,11-/m1/s1. The summed E-state index contributed by atoms with van der Waals surface area (Å²) in [5.41, 5.74) is 7.65. The van der Waals surface area contributed by atoms with E-state index in [4.69, 9.17) is 17.3 Å². The first-order chi connectivity index (χ1) is 11.5. The van der Waals surface area contributed by atoms with Gasteiger partial charge in [0.2, 0.25) is 5.28 Å². The minimum absolute atomic E-state index is 0.00837. The number of hydrogen-bond acceptors (Lipinski definition) is 7. The molecule has 4 N–H and O–H groups in total. The lowest BCUT2D eigenvalue weighted by Crippen LogP contribution is -2.30. The maximum absolute atomic E-state index is 10.5. The molecule has 1 aliphatic carbocycles. The molecular formula is C14H16ClN7O2. The quantitative estimate of drug-likeness (QED) is 0.574. The van der Waals surface area contributed by atoms with Crippen LogP contribution in [0.5, 0.6) is 0 Å². The number of halogens is 1. The first-order valence-electron chi connectivity index (χ1n) is 7.48. The number of rotatable bonds is 2. The smallest absolute Gasteiger partial charge is 0.226 e. The molecule has 126 valence electrons. The lowest BCUT2D eigenvalue weighted by Gasteiger charge is -2.18. The average molecular weight is 350 g/mol. The zero-order valence-electron chi connectivity index (χ0n) is 12.8. The van der Waals surface area contributed by atoms with E-state index in [9.17, 15) is 10.2 Å². The zero-order valence-corrected chi connectivity index (χ0v) is 13.5. The van der Waals surface area contributed by atoms with Crippen LogP contribution in [0.15, 0.2) is 18.7 Å². The third-order valence-electron chi connectivity index (χ3n) is 4.47. The molecule has 4 atom stereocenters. The van der Waals surface area contributed by atoms with Gasteiger partial charge in [-0.2, -0.15) is 15.1 Å². The van der Waals surface area contributed by atoms with Gasteiger partial charge in [-0.15, -0.1) is 0 Å². The Balaban J connectivity index is 1.75. The molecule has 0 unspecified atom stereocenters. The van der Waals surface area contributed by atoms with Crippen molar-refractivity contribution in [2.75, 3.05) is 5.73 Å². The lowest BCUT2D eigenvalue weighted by atomic mass is 10.2. The molecule has 3 aromatic heterocycles. The predicted octanol–water partition coefficient (Wildman–Crippen LogP) is 0.475. The van der Waals surface area contributed by atoms with Crippen LogP contribution in [0.2, 0.25) is 5.28 Å². The molecule has 24 heavy (non-hydrogen) atoms. The number of aliphatic hydroxyl groups is 2. The van der Waals surface area contributed by atoms with Crippen LogP contribution in [0.1, 0.15) is 24.1 Å².